The first kappa shape index (κ1) is 18.7. The Balaban J connectivity index is 1.39. The highest BCUT2D eigenvalue weighted by Gasteiger charge is 2.63. The highest BCUT2D eigenvalue weighted by molar-refractivity contribution is 7.13. The summed E-state index contributed by atoms with van der Waals surface area (Å²) in [5, 5.41) is 8.90. The van der Waals surface area contributed by atoms with Gasteiger partial charge in [-0.1, -0.05) is 25.5 Å². The monoisotopic (exact) mass is 399 g/mol. The summed E-state index contributed by atoms with van der Waals surface area (Å²) in [6.45, 7) is 9.30. The van der Waals surface area contributed by atoms with Gasteiger partial charge in [0, 0.05) is 17.1 Å². The molecule has 1 heterocycles. The normalized spacial score (nSPS) is 44.5. The lowest BCUT2D eigenvalue weighted by Gasteiger charge is -2.64. The number of hydrogen-bond acceptors (Lipinski definition) is 3. The molecular formula is C23H33N3OS. The summed E-state index contributed by atoms with van der Waals surface area (Å²) in [4.78, 5) is 16.9. The molecule has 5 rings (SSSR count). The van der Waals surface area contributed by atoms with Crippen molar-refractivity contribution >= 4 is 22.5 Å². The molecule has 2 amide bonds. The van der Waals surface area contributed by atoms with Crippen molar-refractivity contribution in [3.8, 4) is 0 Å². The predicted molar refractivity (Wildman–Crippen MR) is 114 cm³/mol. The maximum absolute atomic E-state index is 12.7. The van der Waals surface area contributed by atoms with Gasteiger partial charge in [0.15, 0.2) is 5.13 Å². The molecule has 4 fully saturated rings. The Morgan fingerprint density at radius 1 is 1.21 bits per heavy atom. The minimum absolute atomic E-state index is 0.0973. The number of carbonyl (C=O) groups excluding carboxylic acids is 1. The molecule has 0 unspecified atom stereocenters. The van der Waals surface area contributed by atoms with E-state index in [2.05, 4.69) is 36.0 Å². The number of amides is 2. The molecule has 2 N–H and O–H groups in total. The largest absolute Gasteiger partial charge is 0.332 e. The smallest absolute Gasteiger partial charge is 0.321 e. The minimum Gasteiger partial charge on any atom is -0.332 e. The average Bonchev–Trinajstić information content (AvgIpc) is 3.20. The Kier molecular flexibility index (Phi) is 4.21. The van der Waals surface area contributed by atoms with Gasteiger partial charge in [0.05, 0.1) is 0 Å². The van der Waals surface area contributed by atoms with Crippen molar-refractivity contribution in [1.82, 2.24) is 10.3 Å². The van der Waals surface area contributed by atoms with Crippen molar-refractivity contribution < 1.29 is 4.79 Å². The summed E-state index contributed by atoms with van der Waals surface area (Å²) in [6, 6.07) is -0.0973. The molecular weight excluding hydrogens is 366 g/mol. The Morgan fingerprint density at radius 3 is 2.86 bits per heavy atom. The number of allylic oxidation sites excluding steroid dienone is 1. The fourth-order valence-corrected chi connectivity index (χ4v) is 8.70. The zero-order chi connectivity index (χ0) is 19.6. The number of urea groups is 1. The van der Waals surface area contributed by atoms with Crippen molar-refractivity contribution in [2.24, 2.45) is 28.6 Å². The molecule has 1 spiro atoms. The molecule has 4 aliphatic carbocycles. The number of thiazole rings is 1. The third kappa shape index (κ3) is 2.68. The fourth-order valence-electron chi connectivity index (χ4n) is 8.18. The van der Waals surface area contributed by atoms with Crippen LogP contribution in [0.5, 0.6) is 0 Å². The Labute approximate surface area is 172 Å². The van der Waals surface area contributed by atoms with Crippen LogP contribution < -0.4 is 10.6 Å². The van der Waals surface area contributed by atoms with E-state index in [9.17, 15) is 4.79 Å². The lowest BCUT2D eigenvalue weighted by molar-refractivity contribution is -0.130. The molecule has 1 aromatic rings. The van der Waals surface area contributed by atoms with Crippen LogP contribution in [0.25, 0.3) is 0 Å². The first-order chi connectivity index (χ1) is 13.3. The second kappa shape index (κ2) is 6.32. The van der Waals surface area contributed by atoms with Crippen LogP contribution in [0.1, 0.15) is 71.6 Å². The van der Waals surface area contributed by atoms with E-state index in [-0.39, 0.29) is 11.6 Å². The predicted octanol–water partition coefficient (Wildman–Crippen LogP) is 5.99. The SMILES string of the molecule is C=C1C[C@@]23CC[C@H]4[C@@](C)(CCC[C@@]4(C)NC(=O)Nc4nccs4)[C@@H]2CC[C@H]1C3. The Bertz CT molecular complexity index is 792. The first-order valence-electron chi connectivity index (χ1n) is 11.0. The van der Waals surface area contributed by atoms with Crippen LogP contribution in [0.2, 0.25) is 0 Å². The van der Waals surface area contributed by atoms with Crippen molar-refractivity contribution in [3.63, 3.8) is 0 Å². The van der Waals surface area contributed by atoms with E-state index in [4.69, 9.17) is 0 Å². The van der Waals surface area contributed by atoms with E-state index in [0.717, 1.165) is 18.3 Å². The van der Waals surface area contributed by atoms with Gasteiger partial charge in [-0.3, -0.25) is 5.32 Å². The van der Waals surface area contributed by atoms with Crippen molar-refractivity contribution in [2.45, 2.75) is 77.2 Å². The van der Waals surface area contributed by atoms with Gasteiger partial charge in [0.1, 0.15) is 0 Å². The number of rotatable bonds is 2. The minimum atomic E-state index is -0.136. The van der Waals surface area contributed by atoms with Crippen LogP contribution in [-0.2, 0) is 0 Å². The molecule has 5 heteroatoms. The quantitative estimate of drug-likeness (QED) is 0.601. The van der Waals surface area contributed by atoms with Crippen LogP contribution in [0.15, 0.2) is 23.7 Å². The van der Waals surface area contributed by atoms with Crippen LogP contribution in [0.3, 0.4) is 0 Å². The Morgan fingerprint density at radius 2 is 2.07 bits per heavy atom. The summed E-state index contributed by atoms with van der Waals surface area (Å²) >= 11 is 1.47. The highest BCUT2D eigenvalue weighted by atomic mass is 32.1. The van der Waals surface area contributed by atoms with Gasteiger partial charge in [0.25, 0.3) is 0 Å². The van der Waals surface area contributed by atoms with E-state index >= 15 is 0 Å². The summed E-state index contributed by atoms with van der Waals surface area (Å²) in [7, 11) is 0. The summed E-state index contributed by atoms with van der Waals surface area (Å²) in [5.74, 6) is 2.13. The zero-order valence-electron chi connectivity index (χ0n) is 17.2. The molecule has 152 valence electrons. The maximum Gasteiger partial charge on any atom is 0.321 e. The van der Waals surface area contributed by atoms with E-state index in [0.29, 0.717) is 21.9 Å². The average molecular weight is 400 g/mol. The molecule has 4 aliphatic rings. The molecule has 0 aliphatic heterocycles. The molecule has 0 radical (unpaired) electrons. The third-order valence-corrected chi connectivity index (χ3v) is 9.80. The van der Waals surface area contributed by atoms with E-state index in [1.807, 2.05) is 5.38 Å². The Hall–Kier alpha value is -1.36. The molecule has 4 nitrogen and oxygen atoms in total. The van der Waals surface area contributed by atoms with E-state index in [1.165, 1.54) is 68.3 Å². The summed E-state index contributed by atoms with van der Waals surface area (Å²) < 4.78 is 0. The van der Waals surface area contributed by atoms with Crippen molar-refractivity contribution in [1.29, 1.82) is 0 Å². The number of aromatic nitrogens is 1. The first-order valence-corrected chi connectivity index (χ1v) is 11.9. The summed E-state index contributed by atoms with van der Waals surface area (Å²) in [6.07, 6.45) is 13.2. The fraction of sp³-hybridized carbons (Fsp3) is 0.739. The van der Waals surface area contributed by atoms with Crippen LogP contribution >= 0.6 is 11.3 Å². The van der Waals surface area contributed by atoms with Gasteiger partial charge in [-0.25, -0.2) is 9.78 Å². The van der Waals surface area contributed by atoms with Gasteiger partial charge in [-0.2, -0.15) is 0 Å². The topological polar surface area (TPSA) is 54.0 Å². The number of carbonyl (C=O) groups is 1. The number of nitrogens with one attached hydrogen (secondary N) is 2. The van der Waals surface area contributed by atoms with Gasteiger partial charge >= 0.3 is 6.03 Å². The molecule has 28 heavy (non-hydrogen) atoms. The number of nitrogens with zero attached hydrogens (tertiary/aromatic N) is 1. The third-order valence-electron chi connectivity index (χ3n) is 9.11. The zero-order valence-corrected chi connectivity index (χ0v) is 18.0. The molecule has 4 saturated carbocycles. The van der Waals surface area contributed by atoms with Crippen molar-refractivity contribution in [2.75, 3.05) is 5.32 Å². The maximum atomic E-state index is 12.7. The van der Waals surface area contributed by atoms with Crippen LogP contribution in [0.4, 0.5) is 9.93 Å². The number of fused-ring (bicyclic) bond motifs is 3. The van der Waals surface area contributed by atoms with Crippen molar-refractivity contribution in [3.05, 3.63) is 23.7 Å². The van der Waals surface area contributed by atoms with Gasteiger partial charge in [-0.05, 0) is 86.9 Å². The standard InChI is InChI=1S/C23H33N3OS/c1-15-13-23-10-7-17-21(2,18(23)6-5-16(15)14-23)8-4-9-22(17,3)26-19(27)25-20-24-11-12-28-20/h11-12,16-18H,1,4-10,13-14H2,2-3H3,(H2,24,25,26,27)/t16-,17-,18-,21+,22+,23+/m0/s1. The molecule has 2 bridgehead atoms. The molecule has 0 aromatic carbocycles. The van der Waals surface area contributed by atoms with Gasteiger partial charge in [-0.15, -0.1) is 11.3 Å². The molecule has 0 saturated heterocycles. The second-order valence-electron chi connectivity index (χ2n) is 10.5. The van der Waals surface area contributed by atoms with Gasteiger partial charge < -0.3 is 5.32 Å². The lowest BCUT2D eigenvalue weighted by atomic mass is 9.42. The van der Waals surface area contributed by atoms with E-state index < -0.39 is 0 Å². The number of hydrogen-bond donors (Lipinski definition) is 2. The summed E-state index contributed by atoms with van der Waals surface area (Å²) in [5.41, 5.74) is 2.23. The second-order valence-corrected chi connectivity index (χ2v) is 11.4. The van der Waals surface area contributed by atoms with Crippen LogP contribution in [-0.4, -0.2) is 16.6 Å². The number of anilines is 1. The van der Waals surface area contributed by atoms with Crippen LogP contribution in [0, 0.1) is 28.6 Å². The molecule has 6 atom stereocenters. The lowest BCUT2D eigenvalue weighted by Crippen LogP contribution is -2.64. The highest BCUT2D eigenvalue weighted by Crippen LogP contribution is 2.70. The molecule has 1 aromatic heterocycles. The van der Waals surface area contributed by atoms with Gasteiger partial charge in [0.2, 0.25) is 0 Å². The van der Waals surface area contributed by atoms with E-state index in [1.54, 1.807) is 6.20 Å².